The third-order valence-electron chi connectivity index (χ3n) is 4.78. The molecular weight excluding hydrogens is 390 g/mol. The molecule has 0 aromatic heterocycles. The average molecular weight is 421 g/mol. The summed E-state index contributed by atoms with van der Waals surface area (Å²) in [5, 5.41) is 30.7. The van der Waals surface area contributed by atoms with Crippen molar-refractivity contribution in [1.29, 1.82) is 0 Å². The molecule has 0 bridgehead atoms. The Morgan fingerprint density at radius 1 is 0.967 bits per heavy atom. The van der Waals surface area contributed by atoms with Crippen LogP contribution in [0.25, 0.3) is 0 Å². The highest BCUT2D eigenvalue weighted by Gasteiger charge is 2.27. The van der Waals surface area contributed by atoms with Crippen LogP contribution in [0.4, 0.5) is 5.69 Å². The number of rotatable bonds is 15. The van der Waals surface area contributed by atoms with Crippen LogP contribution in [-0.4, -0.2) is 27.1 Å². The topological polar surface area (TPSA) is 127 Å². The van der Waals surface area contributed by atoms with E-state index in [9.17, 15) is 29.9 Å². The lowest BCUT2D eigenvalue weighted by atomic mass is 10.0. The predicted octanol–water partition coefficient (Wildman–Crippen LogP) is 5.49. The van der Waals surface area contributed by atoms with Gasteiger partial charge in [-0.2, -0.15) is 0 Å². The number of para-hydroxylation sites is 1. The number of hydrogen-bond donors (Lipinski definition) is 2. The Labute approximate surface area is 176 Å². The molecule has 2 N–H and O–H groups in total. The second-order valence-corrected chi connectivity index (χ2v) is 7.16. The molecule has 0 saturated carbocycles. The Morgan fingerprint density at radius 3 is 2.13 bits per heavy atom. The number of benzene rings is 1. The molecule has 0 heterocycles. The Morgan fingerprint density at radius 2 is 1.60 bits per heavy atom. The van der Waals surface area contributed by atoms with Crippen molar-refractivity contribution in [2.45, 2.75) is 78.1 Å². The van der Waals surface area contributed by atoms with Gasteiger partial charge in [-0.25, -0.2) is 9.59 Å². The van der Waals surface area contributed by atoms with Crippen LogP contribution in [0.1, 0.15) is 77.2 Å². The van der Waals surface area contributed by atoms with Gasteiger partial charge in [0.05, 0.1) is 10.5 Å². The van der Waals surface area contributed by atoms with Gasteiger partial charge in [0.15, 0.2) is 0 Å². The molecule has 0 fully saturated rings. The molecule has 0 atom stereocenters. The molecular formula is C22H31NO7. The lowest BCUT2D eigenvalue weighted by Crippen LogP contribution is -2.17. The van der Waals surface area contributed by atoms with Crippen molar-refractivity contribution in [2.24, 2.45) is 0 Å². The first-order chi connectivity index (χ1) is 14.3. The minimum atomic E-state index is -1.56. The molecule has 0 unspecified atom stereocenters. The largest absolute Gasteiger partial charge is 0.478 e. The number of ether oxygens (including phenoxy) is 1. The van der Waals surface area contributed by atoms with E-state index in [4.69, 9.17) is 4.74 Å². The van der Waals surface area contributed by atoms with Gasteiger partial charge in [0.25, 0.3) is 0 Å². The molecule has 0 saturated heterocycles. The van der Waals surface area contributed by atoms with E-state index in [0.29, 0.717) is 18.4 Å². The van der Waals surface area contributed by atoms with Crippen LogP contribution in [0.5, 0.6) is 5.75 Å². The number of nitro benzene ring substituents is 1. The van der Waals surface area contributed by atoms with Gasteiger partial charge >= 0.3 is 17.6 Å². The molecule has 0 spiro atoms. The Balaban J connectivity index is 3.24. The molecule has 1 aromatic carbocycles. The minimum absolute atomic E-state index is 0.0153. The van der Waals surface area contributed by atoms with Crippen LogP contribution in [0, 0.1) is 10.1 Å². The van der Waals surface area contributed by atoms with Crippen LogP contribution in [0.2, 0.25) is 0 Å². The number of aliphatic carboxylic acids is 2. The fraction of sp³-hybridized carbons (Fsp3) is 0.545. The standard InChI is InChI=1S/C22H31NO7/c1-3-5-7-9-12-16-13-11-15-18(19(16)23(28)29)30-20(22(26)27)17(21(24)25)14-10-8-6-4-2/h11,13,15H,3-10,12,14H2,1-2H3,(H,24,25)(H,26,27). The first-order valence-electron chi connectivity index (χ1n) is 10.5. The fourth-order valence-corrected chi connectivity index (χ4v) is 3.19. The Hall–Kier alpha value is -2.90. The molecule has 0 amide bonds. The number of nitro groups is 1. The third kappa shape index (κ3) is 7.85. The van der Waals surface area contributed by atoms with Crippen molar-refractivity contribution in [3.63, 3.8) is 0 Å². The number of carboxylic acid groups (broad SMARTS) is 2. The Kier molecular flexibility index (Phi) is 11.2. The summed E-state index contributed by atoms with van der Waals surface area (Å²) in [5.74, 6) is -3.99. The Bertz CT molecular complexity index is 771. The molecule has 0 radical (unpaired) electrons. The molecule has 0 aliphatic heterocycles. The summed E-state index contributed by atoms with van der Waals surface area (Å²) in [5.41, 5.74) is -0.261. The average Bonchev–Trinajstić information content (AvgIpc) is 2.69. The first-order valence-corrected chi connectivity index (χ1v) is 10.5. The van der Waals surface area contributed by atoms with Crippen molar-refractivity contribution < 1.29 is 29.5 Å². The smallest absolute Gasteiger partial charge is 0.372 e. The first kappa shape index (κ1) is 25.1. The molecule has 30 heavy (non-hydrogen) atoms. The zero-order valence-electron chi connectivity index (χ0n) is 17.7. The van der Waals surface area contributed by atoms with Gasteiger partial charge < -0.3 is 14.9 Å². The molecule has 166 valence electrons. The molecule has 1 rings (SSSR count). The van der Waals surface area contributed by atoms with Gasteiger partial charge in [-0.15, -0.1) is 0 Å². The van der Waals surface area contributed by atoms with Crippen molar-refractivity contribution in [1.82, 2.24) is 0 Å². The molecule has 0 aliphatic carbocycles. The van der Waals surface area contributed by atoms with Gasteiger partial charge in [-0.1, -0.05) is 64.5 Å². The van der Waals surface area contributed by atoms with Gasteiger partial charge in [0.2, 0.25) is 11.5 Å². The lowest BCUT2D eigenvalue weighted by Gasteiger charge is -2.12. The van der Waals surface area contributed by atoms with Crippen LogP contribution in [-0.2, 0) is 16.0 Å². The highest BCUT2D eigenvalue weighted by molar-refractivity contribution is 5.97. The molecule has 1 aromatic rings. The summed E-state index contributed by atoms with van der Waals surface area (Å²) in [6.45, 7) is 4.08. The summed E-state index contributed by atoms with van der Waals surface area (Å²) in [6, 6.07) is 4.47. The van der Waals surface area contributed by atoms with E-state index in [1.54, 1.807) is 12.1 Å². The van der Waals surface area contributed by atoms with E-state index in [1.807, 2.05) is 6.92 Å². The quantitative estimate of drug-likeness (QED) is 0.126. The maximum atomic E-state index is 11.7. The molecule has 0 aliphatic rings. The van der Waals surface area contributed by atoms with Crippen LogP contribution in [0.15, 0.2) is 29.5 Å². The summed E-state index contributed by atoms with van der Waals surface area (Å²) in [7, 11) is 0. The predicted molar refractivity (Wildman–Crippen MR) is 113 cm³/mol. The van der Waals surface area contributed by atoms with Gasteiger partial charge in [0, 0.05) is 5.56 Å². The molecule has 8 nitrogen and oxygen atoms in total. The van der Waals surface area contributed by atoms with Gasteiger partial charge in [-0.05, 0) is 31.7 Å². The number of aryl methyl sites for hydroxylation is 1. The summed E-state index contributed by atoms with van der Waals surface area (Å²) in [6.07, 6.45) is 7.33. The zero-order chi connectivity index (χ0) is 22.5. The van der Waals surface area contributed by atoms with E-state index >= 15 is 0 Å². The van der Waals surface area contributed by atoms with Crippen molar-refractivity contribution >= 4 is 17.6 Å². The normalized spacial score (nSPS) is 11.7. The number of hydrogen-bond acceptors (Lipinski definition) is 5. The fourth-order valence-electron chi connectivity index (χ4n) is 3.19. The van der Waals surface area contributed by atoms with Gasteiger partial charge in [0.1, 0.15) is 0 Å². The second kappa shape index (κ2) is 13.3. The maximum Gasteiger partial charge on any atom is 0.372 e. The summed E-state index contributed by atoms with van der Waals surface area (Å²) in [4.78, 5) is 34.5. The monoisotopic (exact) mass is 421 g/mol. The van der Waals surface area contributed by atoms with Crippen molar-refractivity contribution in [3.8, 4) is 5.75 Å². The van der Waals surface area contributed by atoms with E-state index in [0.717, 1.165) is 44.9 Å². The number of unbranched alkanes of at least 4 members (excludes halogenated alkanes) is 6. The number of carboxylic acids is 2. The highest BCUT2D eigenvalue weighted by Crippen LogP contribution is 2.34. The van der Waals surface area contributed by atoms with Crippen molar-refractivity contribution in [2.75, 3.05) is 0 Å². The van der Waals surface area contributed by atoms with Crippen LogP contribution in [0.3, 0.4) is 0 Å². The van der Waals surface area contributed by atoms with Crippen molar-refractivity contribution in [3.05, 3.63) is 45.2 Å². The SMILES string of the molecule is CCCCCCC(C(=O)O)=C(Oc1cccc(CCCCCC)c1[N+](=O)[O-])C(=O)O. The van der Waals surface area contributed by atoms with E-state index in [-0.39, 0.29) is 23.4 Å². The minimum Gasteiger partial charge on any atom is -0.478 e. The summed E-state index contributed by atoms with van der Waals surface area (Å²) < 4.78 is 5.37. The van der Waals surface area contributed by atoms with E-state index in [1.165, 1.54) is 6.07 Å². The lowest BCUT2D eigenvalue weighted by molar-refractivity contribution is -0.386. The summed E-state index contributed by atoms with van der Waals surface area (Å²) >= 11 is 0. The van der Waals surface area contributed by atoms with E-state index < -0.39 is 22.6 Å². The number of carbonyl (C=O) groups is 2. The van der Waals surface area contributed by atoms with Crippen LogP contribution >= 0.6 is 0 Å². The number of nitrogens with zero attached hydrogens (tertiary/aromatic N) is 1. The van der Waals surface area contributed by atoms with Crippen LogP contribution < -0.4 is 4.74 Å². The molecule has 8 heteroatoms. The third-order valence-corrected chi connectivity index (χ3v) is 4.78. The highest BCUT2D eigenvalue weighted by atomic mass is 16.6. The van der Waals surface area contributed by atoms with E-state index in [2.05, 4.69) is 6.92 Å². The zero-order valence-corrected chi connectivity index (χ0v) is 17.7. The van der Waals surface area contributed by atoms with Gasteiger partial charge in [-0.3, -0.25) is 10.1 Å². The second-order valence-electron chi connectivity index (χ2n) is 7.16. The maximum absolute atomic E-state index is 11.7.